The third kappa shape index (κ3) is 55.8. The quantitative estimate of drug-likeness (QED) is 0.0261. The number of carbonyl (C=O) groups is 3. The molecule has 0 aliphatic heterocycles. The minimum Gasteiger partial charge on any atom is -0.462 e. The van der Waals surface area contributed by atoms with Crippen LogP contribution in [0.1, 0.15) is 297 Å². The predicted molar refractivity (Wildman–Crippen MR) is 302 cm³/mol. The second-order valence-corrected chi connectivity index (χ2v) is 19.9. The Bertz CT molecular complexity index is 1310. The summed E-state index contributed by atoms with van der Waals surface area (Å²) in [5.41, 5.74) is 0. The van der Waals surface area contributed by atoms with Crippen LogP contribution in [0.4, 0.5) is 0 Å². The Hall–Kier alpha value is -3.15. The van der Waals surface area contributed by atoms with Crippen molar-refractivity contribution in [3.8, 4) is 0 Å². The van der Waals surface area contributed by atoms with E-state index < -0.39 is 6.10 Å². The molecule has 1 atom stereocenters. The molecule has 0 amide bonds. The highest BCUT2D eigenvalue weighted by Crippen LogP contribution is 2.16. The smallest absolute Gasteiger partial charge is 0.306 e. The summed E-state index contributed by atoms with van der Waals surface area (Å²) >= 11 is 0. The molecule has 0 spiro atoms. The summed E-state index contributed by atoms with van der Waals surface area (Å²) in [7, 11) is 0. The first-order valence-electron chi connectivity index (χ1n) is 29.9. The summed E-state index contributed by atoms with van der Waals surface area (Å²) in [5, 5.41) is 0. The molecular formula is C64H112O6. The fraction of sp³-hybridized carbons (Fsp3) is 0.766. The molecule has 0 saturated heterocycles. The molecule has 0 aromatic rings. The molecule has 0 rings (SSSR count). The van der Waals surface area contributed by atoms with Crippen LogP contribution in [-0.4, -0.2) is 37.2 Å². The standard InChI is InChI=1S/C64H112O6/c1-4-7-10-13-16-19-22-25-27-29-31-32-33-35-36-39-42-45-48-51-54-57-63(66)69-60-61(59-68-62(65)56-53-50-47-44-41-38-24-21-18-15-12-9-6-3)70-64(67)58-55-52-49-46-43-40-37-34-30-28-26-23-20-17-14-11-8-5-2/h7,10,16,19,25,27-28,30-32,35-36,61H,4-6,8-9,11-15,17-18,20-24,26,29,33-34,37-60H2,1-3H3/b10-7-,19-16-,27-25-,30-28-,32-31-,36-35-. The van der Waals surface area contributed by atoms with Gasteiger partial charge in [-0.2, -0.15) is 0 Å². The minimum absolute atomic E-state index is 0.0809. The molecule has 0 aromatic carbocycles. The minimum atomic E-state index is -0.785. The van der Waals surface area contributed by atoms with Crippen LogP contribution in [0.5, 0.6) is 0 Å². The first-order chi connectivity index (χ1) is 34.5. The van der Waals surface area contributed by atoms with Crippen molar-refractivity contribution in [2.75, 3.05) is 13.2 Å². The maximum absolute atomic E-state index is 12.9. The van der Waals surface area contributed by atoms with E-state index in [1.165, 1.54) is 148 Å². The lowest BCUT2D eigenvalue weighted by atomic mass is 10.0. The van der Waals surface area contributed by atoms with Crippen LogP contribution < -0.4 is 0 Å². The molecule has 0 aliphatic carbocycles. The van der Waals surface area contributed by atoms with E-state index in [1.54, 1.807) is 0 Å². The van der Waals surface area contributed by atoms with Crippen molar-refractivity contribution in [1.82, 2.24) is 0 Å². The molecule has 0 heterocycles. The molecule has 0 bridgehead atoms. The second kappa shape index (κ2) is 58.4. The predicted octanol–water partition coefficient (Wildman–Crippen LogP) is 20.2. The zero-order valence-electron chi connectivity index (χ0n) is 46.3. The summed E-state index contributed by atoms with van der Waals surface area (Å²) in [6.07, 6.45) is 74.6. The van der Waals surface area contributed by atoms with Crippen molar-refractivity contribution >= 4 is 17.9 Å². The van der Waals surface area contributed by atoms with E-state index >= 15 is 0 Å². The summed E-state index contributed by atoms with van der Waals surface area (Å²) in [4.78, 5) is 38.2. The second-order valence-electron chi connectivity index (χ2n) is 19.9. The van der Waals surface area contributed by atoms with Gasteiger partial charge >= 0.3 is 17.9 Å². The van der Waals surface area contributed by atoms with E-state index in [2.05, 4.69) is 93.7 Å². The number of hydrogen-bond acceptors (Lipinski definition) is 6. The zero-order chi connectivity index (χ0) is 50.7. The molecule has 0 saturated carbocycles. The highest BCUT2D eigenvalue weighted by atomic mass is 16.6. The Morgan fingerprint density at radius 3 is 0.886 bits per heavy atom. The number of esters is 3. The zero-order valence-corrected chi connectivity index (χ0v) is 46.3. The van der Waals surface area contributed by atoms with E-state index in [0.717, 1.165) is 109 Å². The Morgan fingerprint density at radius 2 is 0.557 bits per heavy atom. The van der Waals surface area contributed by atoms with Gasteiger partial charge in [-0.3, -0.25) is 14.4 Å². The molecule has 0 N–H and O–H groups in total. The fourth-order valence-corrected chi connectivity index (χ4v) is 8.47. The lowest BCUT2D eigenvalue weighted by Gasteiger charge is -2.18. The molecule has 0 aromatic heterocycles. The van der Waals surface area contributed by atoms with E-state index in [0.29, 0.717) is 19.3 Å². The molecule has 0 aliphatic rings. The van der Waals surface area contributed by atoms with Crippen LogP contribution in [0.2, 0.25) is 0 Å². The third-order valence-corrected chi connectivity index (χ3v) is 12.9. The van der Waals surface area contributed by atoms with Gasteiger partial charge in [-0.15, -0.1) is 0 Å². The van der Waals surface area contributed by atoms with Crippen molar-refractivity contribution in [2.24, 2.45) is 0 Å². The monoisotopic (exact) mass is 977 g/mol. The van der Waals surface area contributed by atoms with Crippen LogP contribution >= 0.6 is 0 Å². The number of unbranched alkanes of at least 4 members (excludes halogenated alkanes) is 31. The SMILES string of the molecule is CC/C=C\C/C=C\C/C=C\C/C=C\C/C=C\CCCCCCCC(=O)OCC(COC(=O)CCCCCCCCCCCCCCC)OC(=O)CCCCCCCCC/C=C\CCCCCCCCC. The largest absolute Gasteiger partial charge is 0.462 e. The number of hydrogen-bond donors (Lipinski definition) is 0. The summed E-state index contributed by atoms with van der Waals surface area (Å²) in [6, 6.07) is 0. The van der Waals surface area contributed by atoms with Gasteiger partial charge in [0.1, 0.15) is 13.2 Å². The number of ether oxygens (including phenoxy) is 3. The molecule has 6 nitrogen and oxygen atoms in total. The third-order valence-electron chi connectivity index (χ3n) is 12.9. The van der Waals surface area contributed by atoms with Gasteiger partial charge in [0.25, 0.3) is 0 Å². The molecule has 6 heteroatoms. The molecule has 70 heavy (non-hydrogen) atoms. The van der Waals surface area contributed by atoms with Crippen molar-refractivity contribution in [2.45, 2.75) is 303 Å². The molecular weight excluding hydrogens is 865 g/mol. The Labute approximate surface area is 433 Å². The van der Waals surface area contributed by atoms with E-state index in [9.17, 15) is 14.4 Å². The van der Waals surface area contributed by atoms with Crippen LogP contribution in [0, 0.1) is 0 Å². The molecule has 1 unspecified atom stereocenters. The normalized spacial score (nSPS) is 12.6. The van der Waals surface area contributed by atoms with Crippen LogP contribution in [-0.2, 0) is 28.6 Å². The number of allylic oxidation sites excluding steroid dienone is 12. The lowest BCUT2D eigenvalue weighted by Crippen LogP contribution is -2.30. The van der Waals surface area contributed by atoms with E-state index in [4.69, 9.17) is 14.2 Å². The Kier molecular flexibility index (Phi) is 55.8. The van der Waals surface area contributed by atoms with E-state index in [1.807, 2.05) is 0 Å². The number of carbonyl (C=O) groups excluding carboxylic acids is 3. The summed E-state index contributed by atoms with van der Waals surface area (Å²) < 4.78 is 16.9. The van der Waals surface area contributed by atoms with Gasteiger partial charge in [0.15, 0.2) is 6.10 Å². The Morgan fingerprint density at radius 1 is 0.300 bits per heavy atom. The maximum Gasteiger partial charge on any atom is 0.306 e. The van der Waals surface area contributed by atoms with E-state index in [-0.39, 0.29) is 31.1 Å². The van der Waals surface area contributed by atoms with Gasteiger partial charge in [0.2, 0.25) is 0 Å². The highest BCUT2D eigenvalue weighted by molar-refractivity contribution is 5.71. The van der Waals surface area contributed by atoms with Gasteiger partial charge in [0, 0.05) is 19.3 Å². The van der Waals surface area contributed by atoms with Gasteiger partial charge in [-0.25, -0.2) is 0 Å². The highest BCUT2D eigenvalue weighted by Gasteiger charge is 2.19. The average molecular weight is 978 g/mol. The fourth-order valence-electron chi connectivity index (χ4n) is 8.47. The van der Waals surface area contributed by atoms with Crippen molar-refractivity contribution in [1.29, 1.82) is 0 Å². The number of rotatable bonds is 54. The summed E-state index contributed by atoms with van der Waals surface area (Å²) in [6.45, 7) is 6.53. The van der Waals surface area contributed by atoms with Gasteiger partial charge in [-0.05, 0) is 89.9 Å². The maximum atomic E-state index is 12.9. The first kappa shape index (κ1) is 66.9. The average Bonchev–Trinajstić information content (AvgIpc) is 3.36. The van der Waals surface area contributed by atoms with Crippen molar-refractivity contribution in [3.05, 3.63) is 72.9 Å². The van der Waals surface area contributed by atoms with Crippen LogP contribution in [0.15, 0.2) is 72.9 Å². The molecule has 404 valence electrons. The van der Waals surface area contributed by atoms with Crippen molar-refractivity contribution < 1.29 is 28.6 Å². The van der Waals surface area contributed by atoms with Crippen molar-refractivity contribution in [3.63, 3.8) is 0 Å². The Balaban J connectivity index is 4.39. The van der Waals surface area contributed by atoms with Gasteiger partial charge < -0.3 is 14.2 Å². The summed E-state index contributed by atoms with van der Waals surface area (Å²) in [5.74, 6) is -0.893. The lowest BCUT2D eigenvalue weighted by molar-refractivity contribution is -0.167. The molecule has 0 radical (unpaired) electrons. The van der Waals surface area contributed by atoms with Gasteiger partial charge in [0.05, 0.1) is 0 Å². The van der Waals surface area contributed by atoms with Crippen LogP contribution in [0.25, 0.3) is 0 Å². The topological polar surface area (TPSA) is 78.9 Å². The molecule has 0 fully saturated rings. The van der Waals surface area contributed by atoms with Crippen LogP contribution in [0.3, 0.4) is 0 Å². The van der Waals surface area contributed by atoms with Gasteiger partial charge in [-0.1, -0.05) is 261 Å². The first-order valence-corrected chi connectivity index (χ1v) is 29.9.